The SMILES string of the molecule is Cc1cc(C)cc(OCCNC(=O)[C@@H](C)Oc2cc(C)ccc2C)c1. The minimum absolute atomic E-state index is 0.148. The van der Waals surface area contributed by atoms with Crippen LogP contribution in [0.25, 0.3) is 0 Å². The van der Waals surface area contributed by atoms with E-state index in [1.54, 1.807) is 6.92 Å². The van der Waals surface area contributed by atoms with Crippen molar-refractivity contribution in [2.45, 2.75) is 40.7 Å². The quantitative estimate of drug-likeness (QED) is 0.778. The highest BCUT2D eigenvalue weighted by Gasteiger charge is 2.15. The van der Waals surface area contributed by atoms with Crippen LogP contribution in [0.1, 0.15) is 29.2 Å². The van der Waals surface area contributed by atoms with E-state index in [1.807, 2.05) is 58.0 Å². The minimum Gasteiger partial charge on any atom is -0.492 e. The zero-order valence-electron chi connectivity index (χ0n) is 15.7. The van der Waals surface area contributed by atoms with Crippen molar-refractivity contribution >= 4 is 5.91 Å². The molecule has 0 aromatic heterocycles. The van der Waals surface area contributed by atoms with E-state index in [0.717, 1.165) is 33.8 Å². The minimum atomic E-state index is -0.554. The molecule has 1 N–H and O–H groups in total. The van der Waals surface area contributed by atoms with Crippen molar-refractivity contribution in [1.29, 1.82) is 0 Å². The summed E-state index contributed by atoms with van der Waals surface area (Å²) in [4.78, 5) is 12.2. The van der Waals surface area contributed by atoms with Crippen molar-refractivity contribution in [3.63, 3.8) is 0 Å². The number of ether oxygens (including phenoxy) is 2. The van der Waals surface area contributed by atoms with Crippen LogP contribution in [0.3, 0.4) is 0 Å². The lowest BCUT2D eigenvalue weighted by Gasteiger charge is -2.17. The summed E-state index contributed by atoms with van der Waals surface area (Å²) < 4.78 is 11.5. The standard InChI is InChI=1S/C21H27NO3/c1-14-6-7-17(4)20(13-14)25-18(5)21(23)22-8-9-24-19-11-15(2)10-16(3)12-19/h6-7,10-13,18H,8-9H2,1-5H3,(H,22,23)/t18-/m1/s1. The van der Waals surface area contributed by atoms with E-state index in [0.29, 0.717) is 13.2 Å². The van der Waals surface area contributed by atoms with Gasteiger partial charge >= 0.3 is 0 Å². The fourth-order valence-electron chi connectivity index (χ4n) is 2.58. The molecule has 1 amide bonds. The molecule has 0 spiro atoms. The smallest absolute Gasteiger partial charge is 0.260 e. The summed E-state index contributed by atoms with van der Waals surface area (Å²) in [6.07, 6.45) is -0.554. The van der Waals surface area contributed by atoms with Crippen molar-refractivity contribution in [2.75, 3.05) is 13.2 Å². The maximum Gasteiger partial charge on any atom is 0.260 e. The normalized spacial score (nSPS) is 11.7. The van der Waals surface area contributed by atoms with Gasteiger partial charge in [-0.1, -0.05) is 18.2 Å². The Morgan fingerprint density at radius 2 is 1.68 bits per heavy atom. The van der Waals surface area contributed by atoms with E-state index in [2.05, 4.69) is 11.4 Å². The number of amides is 1. The fraction of sp³-hybridized carbons (Fsp3) is 0.381. The van der Waals surface area contributed by atoms with Crippen molar-refractivity contribution < 1.29 is 14.3 Å². The van der Waals surface area contributed by atoms with Crippen LogP contribution < -0.4 is 14.8 Å². The Morgan fingerprint density at radius 3 is 2.36 bits per heavy atom. The second-order valence-corrected chi connectivity index (χ2v) is 6.49. The first-order valence-corrected chi connectivity index (χ1v) is 8.58. The largest absolute Gasteiger partial charge is 0.492 e. The Hall–Kier alpha value is -2.49. The zero-order chi connectivity index (χ0) is 18.4. The molecule has 4 heteroatoms. The van der Waals surface area contributed by atoms with Crippen LogP contribution in [-0.4, -0.2) is 25.2 Å². The lowest BCUT2D eigenvalue weighted by atomic mass is 10.1. The molecular weight excluding hydrogens is 314 g/mol. The molecule has 0 saturated heterocycles. The van der Waals surface area contributed by atoms with Crippen LogP contribution in [0, 0.1) is 27.7 Å². The summed E-state index contributed by atoms with van der Waals surface area (Å²) in [5.74, 6) is 1.42. The number of rotatable bonds is 7. The first-order valence-electron chi connectivity index (χ1n) is 8.58. The van der Waals surface area contributed by atoms with Crippen molar-refractivity contribution in [1.82, 2.24) is 5.32 Å². The van der Waals surface area contributed by atoms with Gasteiger partial charge in [-0.3, -0.25) is 4.79 Å². The number of carbonyl (C=O) groups excluding carboxylic acids is 1. The van der Waals surface area contributed by atoms with E-state index >= 15 is 0 Å². The van der Waals surface area contributed by atoms with Gasteiger partial charge in [-0.25, -0.2) is 0 Å². The van der Waals surface area contributed by atoms with Gasteiger partial charge in [0.05, 0.1) is 6.54 Å². The number of nitrogens with one attached hydrogen (secondary N) is 1. The summed E-state index contributed by atoms with van der Waals surface area (Å²) in [6.45, 7) is 10.7. The molecule has 0 fully saturated rings. The number of carbonyl (C=O) groups is 1. The highest BCUT2D eigenvalue weighted by atomic mass is 16.5. The zero-order valence-corrected chi connectivity index (χ0v) is 15.7. The van der Waals surface area contributed by atoms with Gasteiger partial charge in [-0.2, -0.15) is 0 Å². The maximum absolute atomic E-state index is 12.2. The third-order valence-corrected chi connectivity index (χ3v) is 3.88. The van der Waals surface area contributed by atoms with Crippen molar-refractivity contribution in [3.05, 3.63) is 58.7 Å². The van der Waals surface area contributed by atoms with Crippen LogP contribution in [0.2, 0.25) is 0 Å². The van der Waals surface area contributed by atoms with E-state index in [1.165, 1.54) is 0 Å². The number of hydrogen-bond acceptors (Lipinski definition) is 3. The van der Waals surface area contributed by atoms with Crippen LogP contribution in [0.15, 0.2) is 36.4 Å². The van der Waals surface area contributed by atoms with Gasteiger partial charge in [-0.05, 0) is 75.1 Å². The van der Waals surface area contributed by atoms with Gasteiger partial charge in [0.1, 0.15) is 18.1 Å². The third kappa shape index (κ3) is 5.82. The lowest BCUT2D eigenvalue weighted by molar-refractivity contribution is -0.127. The first kappa shape index (κ1) is 18.8. The van der Waals surface area contributed by atoms with Gasteiger partial charge in [0, 0.05) is 0 Å². The summed E-state index contributed by atoms with van der Waals surface area (Å²) in [5.41, 5.74) is 4.45. The highest BCUT2D eigenvalue weighted by Crippen LogP contribution is 2.20. The second kappa shape index (κ2) is 8.56. The van der Waals surface area contributed by atoms with Gasteiger partial charge < -0.3 is 14.8 Å². The number of benzene rings is 2. The molecule has 0 bridgehead atoms. The van der Waals surface area contributed by atoms with Gasteiger partial charge in [-0.15, -0.1) is 0 Å². The summed E-state index contributed by atoms with van der Waals surface area (Å²) in [7, 11) is 0. The maximum atomic E-state index is 12.2. The van der Waals surface area contributed by atoms with E-state index < -0.39 is 6.10 Å². The fourth-order valence-corrected chi connectivity index (χ4v) is 2.58. The predicted octanol–water partition coefficient (Wildman–Crippen LogP) is 3.88. The highest BCUT2D eigenvalue weighted by molar-refractivity contribution is 5.80. The lowest BCUT2D eigenvalue weighted by Crippen LogP contribution is -2.38. The Balaban J connectivity index is 1.78. The Labute approximate surface area is 150 Å². The van der Waals surface area contributed by atoms with E-state index in [4.69, 9.17) is 9.47 Å². The molecule has 0 radical (unpaired) electrons. The molecule has 0 aliphatic carbocycles. The van der Waals surface area contributed by atoms with Crippen LogP contribution in [0.5, 0.6) is 11.5 Å². The van der Waals surface area contributed by atoms with Crippen LogP contribution >= 0.6 is 0 Å². The van der Waals surface area contributed by atoms with Crippen LogP contribution in [-0.2, 0) is 4.79 Å². The topological polar surface area (TPSA) is 47.6 Å². The molecule has 0 heterocycles. The average molecular weight is 341 g/mol. The van der Waals surface area contributed by atoms with Crippen molar-refractivity contribution in [2.24, 2.45) is 0 Å². The molecule has 0 aliphatic heterocycles. The monoisotopic (exact) mass is 341 g/mol. The average Bonchev–Trinajstić information content (AvgIpc) is 2.54. The van der Waals surface area contributed by atoms with Gasteiger partial charge in [0.2, 0.25) is 0 Å². The molecule has 2 aromatic carbocycles. The van der Waals surface area contributed by atoms with E-state index in [9.17, 15) is 4.79 Å². The Kier molecular flexibility index (Phi) is 6.45. The summed E-state index contributed by atoms with van der Waals surface area (Å²) in [6, 6.07) is 12.0. The van der Waals surface area contributed by atoms with E-state index in [-0.39, 0.29) is 5.91 Å². The molecule has 1 atom stereocenters. The molecule has 2 rings (SSSR count). The molecule has 25 heavy (non-hydrogen) atoms. The molecule has 0 unspecified atom stereocenters. The first-order chi connectivity index (χ1) is 11.8. The molecule has 0 aliphatic rings. The summed E-state index contributed by atoms with van der Waals surface area (Å²) >= 11 is 0. The summed E-state index contributed by atoms with van der Waals surface area (Å²) in [5, 5.41) is 2.85. The van der Waals surface area contributed by atoms with Gasteiger partial charge in [0.15, 0.2) is 6.10 Å². The number of aryl methyl sites for hydroxylation is 4. The number of hydrogen-bond donors (Lipinski definition) is 1. The van der Waals surface area contributed by atoms with Gasteiger partial charge in [0.25, 0.3) is 5.91 Å². The molecule has 4 nitrogen and oxygen atoms in total. The Morgan fingerprint density at radius 1 is 1.00 bits per heavy atom. The molecule has 134 valence electrons. The molecular formula is C21H27NO3. The second-order valence-electron chi connectivity index (χ2n) is 6.49. The Bertz CT molecular complexity index is 720. The molecule has 2 aromatic rings. The predicted molar refractivity (Wildman–Crippen MR) is 100 cm³/mol. The molecule has 0 saturated carbocycles. The third-order valence-electron chi connectivity index (χ3n) is 3.88. The van der Waals surface area contributed by atoms with Crippen LogP contribution in [0.4, 0.5) is 0 Å². The van der Waals surface area contributed by atoms with Crippen molar-refractivity contribution in [3.8, 4) is 11.5 Å².